The molecule has 1 aliphatic rings. The summed E-state index contributed by atoms with van der Waals surface area (Å²) < 4.78 is 17.3. The van der Waals surface area contributed by atoms with E-state index in [0.29, 0.717) is 16.5 Å². The molecule has 1 N–H and O–H groups in total. The molecule has 28 heavy (non-hydrogen) atoms. The molecule has 0 bridgehead atoms. The fraction of sp³-hybridized carbons (Fsp3) is 0.150. The lowest BCUT2D eigenvalue weighted by molar-refractivity contribution is -0.113. The number of benzene rings is 2. The minimum absolute atomic E-state index is 0.132. The first-order chi connectivity index (χ1) is 13.6. The van der Waals surface area contributed by atoms with Gasteiger partial charge in [-0.3, -0.25) is 4.79 Å². The average Bonchev–Trinajstić information content (AvgIpc) is 3.19. The monoisotopic (exact) mass is 410 g/mol. The molecule has 0 saturated carbocycles. The Bertz CT molecular complexity index is 1180. The van der Waals surface area contributed by atoms with Crippen molar-refractivity contribution in [1.82, 2.24) is 14.8 Å². The van der Waals surface area contributed by atoms with Crippen LogP contribution in [0, 0.1) is 12.7 Å². The SMILES string of the molecule is Cc1nn(-c2nc3ccccc3s2)c2c1[C@@H](c1ccccc1F)SCC(=O)N2. The van der Waals surface area contributed by atoms with Crippen LogP contribution < -0.4 is 5.32 Å². The number of thiazole rings is 1. The Hall–Kier alpha value is -2.71. The molecule has 1 atom stereocenters. The molecule has 2 aromatic carbocycles. The van der Waals surface area contributed by atoms with Gasteiger partial charge in [-0.1, -0.05) is 41.7 Å². The van der Waals surface area contributed by atoms with Crippen LogP contribution in [0.5, 0.6) is 0 Å². The number of amides is 1. The van der Waals surface area contributed by atoms with Crippen molar-refractivity contribution in [3.8, 4) is 5.13 Å². The van der Waals surface area contributed by atoms with Crippen molar-refractivity contribution in [1.29, 1.82) is 0 Å². The highest BCUT2D eigenvalue weighted by Gasteiger charge is 2.32. The number of rotatable bonds is 2. The van der Waals surface area contributed by atoms with Gasteiger partial charge in [0.25, 0.3) is 0 Å². The highest BCUT2D eigenvalue weighted by Crippen LogP contribution is 2.44. The topological polar surface area (TPSA) is 59.8 Å². The number of halogens is 1. The van der Waals surface area contributed by atoms with Crippen molar-refractivity contribution in [2.24, 2.45) is 0 Å². The van der Waals surface area contributed by atoms with Crippen LogP contribution in [-0.4, -0.2) is 26.4 Å². The molecule has 0 radical (unpaired) electrons. The minimum Gasteiger partial charge on any atom is -0.310 e. The summed E-state index contributed by atoms with van der Waals surface area (Å²) in [6.45, 7) is 1.88. The molecular weight excluding hydrogens is 395 g/mol. The third-order valence-electron chi connectivity index (χ3n) is 4.66. The van der Waals surface area contributed by atoms with Crippen LogP contribution in [0.3, 0.4) is 0 Å². The van der Waals surface area contributed by atoms with Gasteiger partial charge in [-0.15, -0.1) is 11.8 Å². The van der Waals surface area contributed by atoms with Crippen LogP contribution in [0.25, 0.3) is 15.3 Å². The van der Waals surface area contributed by atoms with Gasteiger partial charge in [0.2, 0.25) is 11.0 Å². The molecule has 1 aliphatic heterocycles. The van der Waals surface area contributed by atoms with E-state index in [2.05, 4.69) is 15.4 Å². The predicted molar refractivity (Wildman–Crippen MR) is 111 cm³/mol. The van der Waals surface area contributed by atoms with Gasteiger partial charge in [0.05, 0.1) is 26.9 Å². The number of carbonyl (C=O) groups is 1. The van der Waals surface area contributed by atoms with E-state index in [1.807, 2.05) is 37.3 Å². The Labute approximate surface area is 168 Å². The van der Waals surface area contributed by atoms with Crippen molar-refractivity contribution in [2.75, 3.05) is 11.1 Å². The number of thioether (sulfide) groups is 1. The highest BCUT2D eigenvalue weighted by atomic mass is 32.2. The lowest BCUT2D eigenvalue weighted by Crippen LogP contribution is -2.15. The average molecular weight is 410 g/mol. The second kappa shape index (κ2) is 6.72. The van der Waals surface area contributed by atoms with Gasteiger partial charge in [-0.05, 0) is 25.1 Å². The predicted octanol–water partition coefficient (Wildman–Crippen LogP) is 4.70. The summed E-state index contributed by atoms with van der Waals surface area (Å²) in [7, 11) is 0. The molecule has 2 aromatic heterocycles. The number of fused-ring (bicyclic) bond motifs is 2. The van der Waals surface area contributed by atoms with Crippen molar-refractivity contribution in [2.45, 2.75) is 12.2 Å². The summed E-state index contributed by atoms with van der Waals surface area (Å²) in [5.41, 5.74) is 3.00. The van der Waals surface area contributed by atoms with Crippen LogP contribution >= 0.6 is 23.1 Å². The van der Waals surface area contributed by atoms with E-state index < -0.39 is 0 Å². The molecule has 5 nitrogen and oxygen atoms in total. The van der Waals surface area contributed by atoms with Gasteiger partial charge in [0.15, 0.2) is 0 Å². The Morgan fingerprint density at radius 1 is 1.18 bits per heavy atom. The number of carbonyl (C=O) groups excluding carboxylic acids is 1. The molecular formula is C20H15FN4OS2. The Morgan fingerprint density at radius 2 is 1.96 bits per heavy atom. The summed E-state index contributed by atoms with van der Waals surface area (Å²) in [6.07, 6.45) is 0. The number of hydrogen-bond acceptors (Lipinski definition) is 5. The van der Waals surface area contributed by atoms with E-state index in [1.54, 1.807) is 16.8 Å². The lowest BCUT2D eigenvalue weighted by atomic mass is 10.0. The van der Waals surface area contributed by atoms with Gasteiger partial charge in [-0.2, -0.15) is 9.78 Å². The zero-order chi connectivity index (χ0) is 19.3. The molecule has 1 amide bonds. The quantitative estimate of drug-likeness (QED) is 0.520. The lowest BCUT2D eigenvalue weighted by Gasteiger charge is -2.15. The van der Waals surface area contributed by atoms with Crippen molar-refractivity contribution in [3.63, 3.8) is 0 Å². The van der Waals surface area contributed by atoms with E-state index in [-0.39, 0.29) is 22.7 Å². The van der Waals surface area contributed by atoms with Crippen molar-refractivity contribution >= 4 is 45.0 Å². The fourth-order valence-corrected chi connectivity index (χ4v) is 5.54. The van der Waals surface area contributed by atoms with E-state index >= 15 is 0 Å². The molecule has 5 rings (SSSR count). The molecule has 8 heteroatoms. The second-order valence-corrected chi connectivity index (χ2v) is 8.59. The van der Waals surface area contributed by atoms with Crippen molar-refractivity contribution in [3.05, 3.63) is 71.2 Å². The summed E-state index contributed by atoms with van der Waals surface area (Å²) >= 11 is 2.91. The van der Waals surface area contributed by atoms with Gasteiger partial charge in [-0.25, -0.2) is 9.37 Å². The number of nitrogens with zero attached hydrogens (tertiary/aromatic N) is 3. The van der Waals surface area contributed by atoms with Gasteiger partial charge < -0.3 is 5.32 Å². The molecule has 140 valence electrons. The molecule has 0 saturated heterocycles. The zero-order valence-electron chi connectivity index (χ0n) is 14.8. The summed E-state index contributed by atoms with van der Waals surface area (Å²) in [6, 6.07) is 14.5. The number of hydrogen-bond donors (Lipinski definition) is 1. The van der Waals surface area contributed by atoms with Gasteiger partial charge in [0, 0.05) is 11.1 Å². The maximum Gasteiger partial charge on any atom is 0.235 e. The first kappa shape index (κ1) is 17.4. The smallest absolute Gasteiger partial charge is 0.235 e. The van der Waals surface area contributed by atoms with Gasteiger partial charge in [0.1, 0.15) is 11.6 Å². The van der Waals surface area contributed by atoms with Crippen LogP contribution in [0.4, 0.5) is 10.2 Å². The van der Waals surface area contributed by atoms with Crippen LogP contribution in [0.2, 0.25) is 0 Å². The molecule has 4 aromatic rings. The fourth-order valence-electron chi connectivity index (χ4n) is 3.41. The molecule has 0 spiro atoms. The maximum atomic E-state index is 14.5. The normalized spacial score (nSPS) is 16.6. The van der Waals surface area contributed by atoms with E-state index in [9.17, 15) is 9.18 Å². The second-order valence-electron chi connectivity index (χ2n) is 6.48. The highest BCUT2D eigenvalue weighted by molar-refractivity contribution is 8.00. The molecule has 0 unspecified atom stereocenters. The molecule has 3 heterocycles. The summed E-state index contributed by atoms with van der Waals surface area (Å²) in [5.74, 6) is 0.395. The zero-order valence-corrected chi connectivity index (χ0v) is 16.5. The van der Waals surface area contributed by atoms with Crippen LogP contribution in [0.15, 0.2) is 48.5 Å². The minimum atomic E-state index is -0.321. The van der Waals surface area contributed by atoms with Gasteiger partial charge >= 0.3 is 0 Å². The number of aryl methyl sites for hydroxylation is 1. The van der Waals surface area contributed by atoms with E-state index in [4.69, 9.17) is 0 Å². The first-order valence-electron chi connectivity index (χ1n) is 8.73. The number of para-hydroxylation sites is 1. The standard InChI is InChI=1S/C20H15FN4OS2/c1-11-17-18(12-6-2-3-7-13(12)21)27-10-16(26)23-19(17)25(24-11)20-22-14-8-4-5-9-15(14)28-20/h2-9,18H,10H2,1H3,(H,23,26)/t18-/m1/s1. The molecule has 0 fully saturated rings. The Balaban J connectivity index is 1.71. The van der Waals surface area contributed by atoms with Crippen molar-refractivity contribution < 1.29 is 9.18 Å². The van der Waals surface area contributed by atoms with Crippen LogP contribution in [0.1, 0.15) is 22.1 Å². The molecule has 0 aliphatic carbocycles. The summed E-state index contributed by atoms with van der Waals surface area (Å²) in [4.78, 5) is 17.1. The number of anilines is 1. The largest absolute Gasteiger partial charge is 0.310 e. The van der Waals surface area contributed by atoms with E-state index in [0.717, 1.165) is 21.5 Å². The first-order valence-corrected chi connectivity index (χ1v) is 10.6. The van der Waals surface area contributed by atoms with E-state index in [1.165, 1.54) is 29.2 Å². The van der Waals surface area contributed by atoms with Crippen LogP contribution in [-0.2, 0) is 4.79 Å². The third kappa shape index (κ3) is 2.80. The number of nitrogens with one attached hydrogen (secondary N) is 1. The Morgan fingerprint density at radius 3 is 2.79 bits per heavy atom. The Kier molecular flexibility index (Phi) is 4.17. The number of aromatic nitrogens is 3. The summed E-state index contributed by atoms with van der Waals surface area (Å²) in [5, 5.41) is 7.96. The third-order valence-corrected chi connectivity index (χ3v) is 6.92. The maximum absolute atomic E-state index is 14.5.